The predicted octanol–water partition coefficient (Wildman–Crippen LogP) is 3.14. The van der Waals surface area contributed by atoms with Crippen LogP contribution in [0.3, 0.4) is 0 Å². The van der Waals surface area contributed by atoms with Crippen LogP contribution in [-0.2, 0) is 26.8 Å². The first-order chi connectivity index (χ1) is 19.1. The summed E-state index contributed by atoms with van der Waals surface area (Å²) < 4.78 is 31.3. The Morgan fingerprint density at radius 1 is 1.07 bits per heavy atom. The SMILES string of the molecule is O=P(O)(O)CP(=O)(O)c1ccc(Nc2nc(NC[C@@H]3CCCO3)nc3c2ncn3CCc2cccc(O)c2)cc1. The number of aromatic hydroxyl groups is 1. The molecule has 15 heteroatoms. The molecule has 2 atom stereocenters. The maximum atomic E-state index is 12.5. The molecule has 0 radical (unpaired) electrons. The first-order valence-electron chi connectivity index (χ1n) is 12.7. The summed E-state index contributed by atoms with van der Waals surface area (Å²) in [6, 6.07) is 12.8. The summed E-state index contributed by atoms with van der Waals surface area (Å²) in [6.45, 7) is 1.83. The van der Waals surface area contributed by atoms with Crippen molar-refractivity contribution in [2.24, 2.45) is 0 Å². The van der Waals surface area contributed by atoms with Crippen molar-refractivity contribution in [2.45, 2.75) is 31.9 Å². The van der Waals surface area contributed by atoms with Crippen molar-refractivity contribution in [3.63, 3.8) is 0 Å². The fourth-order valence-corrected chi connectivity index (χ4v) is 7.76. The lowest BCUT2D eigenvalue weighted by Gasteiger charge is -2.15. The van der Waals surface area contributed by atoms with Gasteiger partial charge in [-0.3, -0.25) is 9.13 Å². The van der Waals surface area contributed by atoms with Gasteiger partial charge in [-0.05, 0) is 61.2 Å². The summed E-state index contributed by atoms with van der Waals surface area (Å²) >= 11 is 0. The van der Waals surface area contributed by atoms with Gasteiger partial charge >= 0.3 is 7.60 Å². The number of phenols is 1. The number of aryl methyl sites for hydroxylation is 2. The van der Waals surface area contributed by atoms with E-state index in [2.05, 4.69) is 20.6 Å². The van der Waals surface area contributed by atoms with Crippen molar-refractivity contribution < 1.29 is 33.7 Å². The molecule has 1 aliphatic heterocycles. The van der Waals surface area contributed by atoms with Crippen molar-refractivity contribution in [3.8, 4) is 5.75 Å². The average molecular weight is 588 g/mol. The molecular formula is C25H30N6O7P2. The van der Waals surface area contributed by atoms with Crippen LogP contribution in [0.1, 0.15) is 18.4 Å². The van der Waals surface area contributed by atoms with Gasteiger partial charge in [0.25, 0.3) is 0 Å². The third kappa shape index (κ3) is 7.06. The van der Waals surface area contributed by atoms with Crippen LogP contribution in [0.25, 0.3) is 11.2 Å². The minimum Gasteiger partial charge on any atom is -0.508 e. The molecular weight excluding hydrogens is 558 g/mol. The van der Waals surface area contributed by atoms with Gasteiger partial charge < -0.3 is 39.7 Å². The summed E-state index contributed by atoms with van der Waals surface area (Å²) in [5.41, 5.74) is 2.59. The highest BCUT2D eigenvalue weighted by molar-refractivity contribution is 7.77. The van der Waals surface area contributed by atoms with Crippen molar-refractivity contribution in [2.75, 3.05) is 29.7 Å². The summed E-state index contributed by atoms with van der Waals surface area (Å²) in [5.74, 6) is -0.138. The molecule has 1 aliphatic rings. The number of nitrogens with zero attached hydrogens (tertiary/aromatic N) is 4. The molecule has 0 aliphatic carbocycles. The van der Waals surface area contributed by atoms with Crippen molar-refractivity contribution in [1.82, 2.24) is 19.5 Å². The molecule has 0 saturated carbocycles. The van der Waals surface area contributed by atoms with E-state index in [9.17, 15) is 19.1 Å². The maximum absolute atomic E-state index is 12.5. The fourth-order valence-electron chi connectivity index (χ4n) is 4.49. The summed E-state index contributed by atoms with van der Waals surface area (Å²) in [6.07, 6.45) is 4.34. The first kappa shape index (κ1) is 28.2. The fraction of sp³-hybridized carbons (Fsp3) is 0.320. The second-order valence-electron chi connectivity index (χ2n) is 9.62. The standard InChI is InChI=1S/C25H30N6O7P2/c32-19-4-1-3-17(13-19)10-11-31-15-27-22-23(29-25(30-24(22)31)26-14-20-5-2-12-38-20)28-18-6-8-21(9-7-18)39(33,34)16-40(35,36)37/h1,3-4,6-9,13,15,20,32H,2,5,10-12,14,16H2,(H,33,34)(H2,35,36,37)(H2,26,28,29,30)/t20-/m0/s1. The molecule has 0 bridgehead atoms. The number of ether oxygens (including phenoxy) is 1. The Morgan fingerprint density at radius 3 is 2.58 bits per heavy atom. The van der Waals surface area contributed by atoms with Gasteiger partial charge in [-0.2, -0.15) is 9.97 Å². The number of phenolic OH excluding ortho intramolecular Hbond substituents is 1. The van der Waals surface area contributed by atoms with Gasteiger partial charge in [0.2, 0.25) is 13.3 Å². The van der Waals surface area contributed by atoms with Gasteiger partial charge in [0.15, 0.2) is 17.0 Å². The molecule has 13 nitrogen and oxygen atoms in total. The molecule has 1 unspecified atom stereocenters. The van der Waals surface area contributed by atoms with E-state index in [4.69, 9.17) is 19.5 Å². The van der Waals surface area contributed by atoms with Gasteiger partial charge in [-0.15, -0.1) is 0 Å². The number of hydrogen-bond donors (Lipinski definition) is 6. The van der Waals surface area contributed by atoms with Crippen LogP contribution in [0.5, 0.6) is 5.75 Å². The van der Waals surface area contributed by atoms with Crippen LogP contribution in [0.2, 0.25) is 0 Å². The van der Waals surface area contributed by atoms with E-state index in [-0.39, 0.29) is 17.2 Å². The molecule has 2 aromatic heterocycles. The molecule has 6 N–H and O–H groups in total. The number of anilines is 3. The zero-order valence-electron chi connectivity index (χ0n) is 21.4. The van der Waals surface area contributed by atoms with E-state index in [1.165, 1.54) is 24.3 Å². The zero-order valence-corrected chi connectivity index (χ0v) is 23.2. The van der Waals surface area contributed by atoms with E-state index in [1.54, 1.807) is 24.5 Å². The lowest BCUT2D eigenvalue weighted by atomic mass is 10.1. The minimum atomic E-state index is -4.68. The highest BCUT2D eigenvalue weighted by Gasteiger charge is 2.31. The molecule has 0 amide bonds. The van der Waals surface area contributed by atoms with Gasteiger partial charge in [0, 0.05) is 30.7 Å². The molecule has 4 aromatic rings. The first-order valence-corrected chi connectivity index (χ1v) is 16.3. The normalized spacial score (nSPS) is 17.1. The summed E-state index contributed by atoms with van der Waals surface area (Å²) in [7, 11) is -8.92. The average Bonchev–Trinajstić information content (AvgIpc) is 3.55. The van der Waals surface area contributed by atoms with Crippen LogP contribution in [0.4, 0.5) is 17.5 Å². The molecule has 1 saturated heterocycles. The summed E-state index contributed by atoms with van der Waals surface area (Å²) in [5, 5.41) is 16.1. The van der Waals surface area contributed by atoms with Gasteiger partial charge in [0.05, 0.1) is 12.4 Å². The Labute approximate surface area is 229 Å². The van der Waals surface area contributed by atoms with Crippen LogP contribution in [-0.4, -0.2) is 64.5 Å². The van der Waals surface area contributed by atoms with Crippen molar-refractivity contribution in [1.29, 1.82) is 0 Å². The summed E-state index contributed by atoms with van der Waals surface area (Å²) in [4.78, 5) is 42.3. The Bertz CT molecular complexity index is 1580. The Hall–Kier alpha value is -3.31. The molecule has 1 fully saturated rings. The zero-order chi connectivity index (χ0) is 28.3. The number of benzene rings is 2. The van der Waals surface area contributed by atoms with E-state index < -0.39 is 20.9 Å². The third-order valence-electron chi connectivity index (χ3n) is 6.44. The van der Waals surface area contributed by atoms with E-state index in [0.717, 1.165) is 25.0 Å². The smallest absolute Gasteiger partial charge is 0.335 e. The van der Waals surface area contributed by atoms with E-state index >= 15 is 0 Å². The Kier molecular flexibility index (Phi) is 8.23. The highest BCUT2D eigenvalue weighted by atomic mass is 31.2. The Balaban J connectivity index is 1.41. The van der Waals surface area contributed by atoms with Crippen LogP contribution in [0.15, 0.2) is 54.9 Å². The van der Waals surface area contributed by atoms with Crippen molar-refractivity contribution in [3.05, 3.63) is 60.4 Å². The van der Waals surface area contributed by atoms with Crippen LogP contribution in [0, 0.1) is 0 Å². The number of imidazole rings is 1. The topological polar surface area (TPSA) is 192 Å². The van der Waals surface area contributed by atoms with Gasteiger partial charge in [-0.1, -0.05) is 12.1 Å². The lowest BCUT2D eigenvalue weighted by Crippen LogP contribution is -2.20. The second-order valence-corrected chi connectivity index (χ2v) is 14.0. The molecule has 0 spiro atoms. The van der Waals surface area contributed by atoms with Crippen LogP contribution < -0.4 is 15.9 Å². The molecule has 40 heavy (non-hydrogen) atoms. The number of aromatic nitrogens is 4. The predicted molar refractivity (Wildman–Crippen MR) is 151 cm³/mol. The lowest BCUT2D eigenvalue weighted by molar-refractivity contribution is 0.120. The highest BCUT2D eigenvalue weighted by Crippen LogP contribution is 2.53. The molecule has 5 rings (SSSR count). The number of nitrogens with one attached hydrogen (secondary N) is 2. The number of hydrogen-bond acceptors (Lipinski definition) is 9. The van der Waals surface area contributed by atoms with Crippen LogP contribution >= 0.6 is 15.0 Å². The third-order valence-corrected chi connectivity index (χ3v) is 10.5. The largest absolute Gasteiger partial charge is 0.508 e. The Morgan fingerprint density at radius 2 is 1.88 bits per heavy atom. The molecule has 212 valence electrons. The molecule has 3 heterocycles. The quantitative estimate of drug-likeness (QED) is 0.141. The van der Waals surface area contributed by atoms with Gasteiger partial charge in [0.1, 0.15) is 11.7 Å². The minimum absolute atomic E-state index is 0.0654. The monoisotopic (exact) mass is 588 g/mol. The second kappa shape index (κ2) is 11.7. The number of fused-ring (bicyclic) bond motifs is 1. The van der Waals surface area contributed by atoms with E-state index in [0.29, 0.717) is 48.1 Å². The number of rotatable bonds is 11. The molecule has 2 aromatic carbocycles. The van der Waals surface area contributed by atoms with Gasteiger partial charge in [-0.25, -0.2) is 4.98 Å². The van der Waals surface area contributed by atoms with E-state index in [1.807, 2.05) is 10.6 Å². The maximum Gasteiger partial charge on any atom is 0.335 e. The van der Waals surface area contributed by atoms with Crippen molar-refractivity contribution >= 4 is 48.9 Å².